The number of hydroxylamine groups is 1. The minimum absolute atomic E-state index is 0.0622. The van der Waals surface area contributed by atoms with Crippen LogP contribution >= 0.6 is 0 Å². The maximum Gasteiger partial charge on any atom is 0.243 e. The van der Waals surface area contributed by atoms with E-state index in [2.05, 4.69) is 5.48 Å². The molecule has 0 aromatic rings. The second kappa shape index (κ2) is 6.12. The number of hydrogen-bond donors (Lipinski definition) is 2. The second-order valence-electron chi connectivity index (χ2n) is 2.48. The Kier molecular flexibility index (Phi) is 5.78. The fourth-order valence-corrected chi connectivity index (χ4v) is 0.389. The summed E-state index contributed by atoms with van der Waals surface area (Å²) >= 11 is 0. The molecule has 66 valence electrons. The van der Waals surface area contributed by atoms with Crippen molar-refractivity contribution in [2.45, 2.75) is 20.3 Å². The third-order valence-corrected chi connectivity index (χ3v) is 1.19. The quantitative estimate of drug-likeness (QED) is 0.561. The topological polar surface area (TPSA) is 58.6 Å². The van der Waals surface area contributed by atoms with Crippen molar-refractivity contribution in [3.8, 4) is 0 Å². The third-order valence-electron chi connectivity index (χ3n) is 1.19. The highest BCUT2D eigenvalue weighted by molar-refractivity contribution is 5.74. The zero-order valence-corrected chi connectivity index (χ0v) is 6.96. The summed E-state index contributed by atoms with van der Waals surface area (Å²) in [6.07, 6.45) is 0.410. The van der Waals surface area contributed by atoms with Crippen molar-refractivity contribution >= 4 is 5.91 Å². The van der Waals surface area contributed by atoms with Crippen LogP contribution in [-0.2, 0) is 9.63 Å². The highest BCUT2D eigenvalue weighted by Crippen LogP contribution is 1.91. The zero-order chi connectivity index (χ0) is 8.69. The molecule has 2 N–H and O–H groups in total. The minimum Gasteiger partial charge on any atom is -0.396 e. The van der Waals surface area contributed by atoms with Crippen LogP contribution in [-0.4, -0.2) is 24.2 Å². The molecule has 0 radical (unpaired) electrons. The number of amides is 1. The molecule has 1 unspecified atom stereocenters. The van der Waals surface area contributed by atoms with Crippen molar-refractivity contribution in [3.05, 3.63) is 0 Å². The summed E-state index contributed by atoms with van der Waals surface area (Å²) in [5.74, 6) is -0.0812. The molecule has 0 aromatic carbocycles. The van der Waals surface area contributed by atoms with E-state index in [-0.39, 0.29) is 18.4 Å². The van der Waals surface area contributed by atoms with Gasteiger partial charge in [-0.1, -0.05) is 13.8 Å². The van der Waals surface area contributed by atoms with Gasteiger partial charge < -0.3 is 5.11 Å². The Balaban J connectivity index is 3.20. The van der Waals surface area contributed by atoms with Gasteiger partial charge in [-0.3, -0.25) is 9.63 Å². The predicted molar refractivity (Wildman–Crippen MR) is 40.6 cm³/mol. The number of aliphatic hydroxyl groups is 1. The summed E-state index contributed by atoms with van der Waals surface area (Å²) in [5.41, 5.74) is 2.25. The minimum atomic E-state index is -0.143. The Bertz CT molecular complexity index is 116. The van der Waals surface area contributed by atoms with Gasteiger partial charge in [0.2, 0.25) is 5.91 Å². The van der Waals surface area contributed by atoms with Crippen LogP contribution in [0, 0.1) is 5.92 Å². The van der Waals surface area contributed by atoms with Crippen LogP contribution in [0.5, 0.6) is 0 Å². The van der Waals surface area contributed by atoms with E-state index in [1.807, 2.05) is 6.92 Å². The molecule has 0 aliphatic rings. The molecule has 4 nitrogen and oxygen atoms in total. The van der Waals surface area contributed by atoms with E-state index in [9.17, 15) is 4.79 Å². The van der Waals surface area contributed by atoms with E-state index < -0.39 is 0 Å². The molecule has 0 aliphatic heterocycles. The number of carbonyl (C=O) groups excluding carboxylic acids is 1. The van der Waals surface area contributed by atoms with Gasteiger partial charge in [-0.15, -0.1) is 0 Å². The summed E-state index contributed by atoms with van der Waals surface area (Å²) in [6, 6.07) is 0. The average Bonchev–Trinajstić information content (AvgIpc) is 2.04. The SMILES string of the molecule is CCC(=O)NOCC(C)CO. The van der Waals surface area contributed by atoms with Gasteiger partial charge in [-0.05, 0) is 0 Å². The molecule has 0 bridgehead atoms. The molecule has 0 rings (SSSR count). The van der Waals surface area contributed by atoms with Crippen LogP contribution in [0.15, 0.2) is 0 Å². The van der Waals surface area contributed by atoms with Crippen LogP contribution in [0.2, 0.25) is 0 Å². The van der Waals surface area contributed by atoms with Gasteiger partial charge in [-0.2, -0.15) is 0 Å². The van der Waals surface area contributed by atoms with Gasteiger partial charge in [0.1, 0.15) is 0 Å². The van der Waals surface area contributed by atoms with Crippen LogP contribution in [0.1, 0.15) is 20.3 Å². The smallest absolute Gasteiger partial charge is 0.243 e. The molecule has 1 amide bonds. The Morgan fingerprint density at radius 2 is 2.36 bits per heavy atom. The molecule has 0 fully saturated rings. The standard InChI is InChI=1S/C7H15NO3/c1-3-7(10)8-11-5-6(2)4-9/h6,9H,3-5H2,1-2H3,(H,8,10). The first-order valence-corrected chi connectivity index (χ1v) is 3.72. The highest BCUT2D eigenvalue weighted by atomic mass is 16.7. The molecule has 0 saturated heterocycles. The summed E-state index contributed by atoms with van der Waals surface area (Å²) in [6.45, 7) is 4.00. The Morgan fingerprint density at radius 1 is 1.73 bits per heavy atom. The Labute approximate surface area is 66.5 Å². The number of aliphatic hydroxyl groups excluding tert-OH is 1. The van der Waals surface area contributed by atoms with Crippen LogP contribution in [0.4, 0.5) is 0 Å². The third kappa shape index (κ3) is 5.82. The van der Waals surface area contributed by atoms with Crippen molar-refractivity contribution in [1.29, 1.82) is 0 Å². The molecule has 0 aliphatic carbocycles. The highest BCUT2D eigenvalue weighted by Gasteiger charge is 2.00. The van der Waals surface area contributed by atoms with Gasteiger partial charge in [0.05, 0.1) is 6.61 Å². The molecule has 0 heterocycles. The van der Waals surface area contributed by atoms with Crippen molar-refractivity contribution < 1.29 is 14.7 Å². The van der Waals surface area contributed by atoms with Crippen molar-refractivity contribution in [1.82, 2.24) is 5.48 Å². The molecular weight excluding hydrogens is 146 g/mol. The summed E-state index contributed by atoms with van der Waals surface area (Å²) < 4.78 is 0. The molecule has 0 saturated carbocycles. The molecule has 11 heavy (non-hydrogen) atoms. The first kappa shape index (κ1) is 10.4. The predicted octanol–water partition coefficient (Wildman–Crippen LogP) is 0.0726. The molecule has 4 heteroatoms. The molecule has 0 spiro atoms. The fraction of sp³-hybridized carbons (Fsp3) is 0.857. The van der Waals surface area contributed by atoms with E-state index in [1.165, 1.54) is 0 Å². The number of rotatable bonds is 5. The van der Waals surface area contributed by atoms with Crippen molar-refractivity contribution in [3.63, 3.8) is 0 Å². The zero-order valence-electron chi connectivity index (χ0n) is 6.96. The number of hydrogen-bond acceptors (Lipinski definition) is 3. The Hall–Kier alpha value is -0.610. The van der Waals surface area contributed by atoms with Crippen LogP contribution in [0.25, 0.3) is 0 Å². The molecule has 1 atom stereocenters. The normalized spacial score (nSPS) is 12.6. The first-order valence-electron chi connectivity index (χ1n) is 3.72. The average molecular weight is 161 g/mol. The maximum atomic E-state index is 10.6. The monoisotopic (exact) mass is 161 g/mol. The summed E-state index contributed by atoms with van der Waals surface area (Å²) in [5, 5.41) is 8.56. The van der Waals surface area contributed by atoms with Gasteiger partial charge in [0.15, 0.2) is 0 Å². The number of carbonyl (C=O) groups is 1. The Morgan fingerprint density at radius 3 is 2.82 bits per heavy atom. The van der Waals surface area contributed by atoms with Gasteiger partial charge in [0.25, 0.3) is 0 Å². The second-order valence-corrected chi connectivity index (χ2v) is 2.48. The fourth-order valence-electron chi connectivity index (χ4n) is 0.389. The van der Waals surface area contributed by atoms with Crippen molar-refractivity contribution in [2.75, 3.05) is 13.2 Å². The number of nitrogens with one attached hydrogen (secondary N) is 1. The largest absolute Gasteiger partial charge is 0.396 e. The van der Waals surface area contributed by atoms with Gasteiger partial charge in [0, 0.05) is 18.9 Å². The van der Waals surface area contributed by atoms with E-state index >= 15 is 0 Å². The first-order chi connectivity index (χ1) is 5.20. The van der Waals surface area contributed by atoms with Crippen LogP contribution in [0.3, 0.4) is 0 Å². The molecular formula is C7H15NO3. The lowest BCUT2D eigenvalue weighted by Crippen LogP contribution is -2.25. The lowest BCUT2D eigenvalue weighted by atomic mass is 10.2. The lowest BCUT2D eigenvalue weighted by molar-refractivity contribution is -0.134. The van der Waals surface area contributed by atoms with Crippen molar-refractivity contribution in [2.24, 2.45) is 5.92 Å². The lowest BCUT2D eigenvalue weighted by Gasteiger charge is -2.08. The van der Waals surface area contributed by atoms with Crippen LogP contribution < -0.4 is 5.48 Å². The van der Waals surface area contributed by atoms with E-state index in [4.69, 9.17) is 9.94 Å². The summed E-state index contributed by atoms with van der Waals surface area (Å²) in [7, 11) is 0. The van der Waals surface area contributed by atoms with E-state index in [0.717, 1.165) is 0 Å². The van der Waals surface area contributed by atoms with E-state index in [0.29, 0.717) is 13.0 Å². The maximum absolute atomic E-state index is 10.6. The summed E-state index contributed by atoms with van der Waals surface area (Å²) in [4.78, 5) is 15.4. The molecule has 0 aromatic heterocycles. The van der Waals surface area contributed by atoms with E-state index in [1.54, 1.807) is 6.92 Å². The van der Waals surface area contributed by atoms with Gasteiger partial charge >= 0.3 is 0 Å². The van der Waals surface area contributed by atoms with Gasteiger partial charge in [-0.25, -0.2) is 5.48 Å².